The Morgan fingerprint density at radius 1 is 1.44 bits per heavy atom. The molecule has 2 rings (SSSR count). The molecule has 0 radical (unpaired) electrons. The summed E-state index contributed by atoms with van der Waals surface area (Å²) in [5, 5.41) is 5.43. The summed E-state index contributed by atoms with van der Waals surface area (Å²) in [6.45, 7) is 7.32. The Bertz CT molecular complexity index is 551. The minimum atomic E-state index is -4.37. The Balaban J connectivity index is 0.00000312. The topological polar surface area (TPSA) is 40.5 Å². The first-order valence-corrected chi connectivity index (χ1v) is 10.0. The third kappa shape index (κ3) is 7.12. The molecule has 2 heterocycles. The van der Waals surface area contributed by atoms with E-state index in [2.05, 4.69) is 27.1 Å². The number of hydrogen-bond acceptors (Lipinski definition) is 4. The van der Waals surface area contributed by atoms with Gasteiger partial charge in [0, 0.05) is 49.0 Å². The smallest absolute Gasteiger partial charge is 0.357 e. The monoisotopic (exact) mass is 508 g/mol. The number of guanidine groups is 1. The van der Waals surface area contributed by atoms with Crippen LogP contribution < -0.4 is 5.32 Å². The van der Waals surface area contributed by atoms with E-state index in [1.54, 1.807) is 0 Å². The van der Waals surface area contributed by atoms with Crippen molar-refractivity contribution in [1.82, 2.24) is 15.2 Å². The molecule has 1 N–H and O–H groups in total. The molecule has 1 atom stereocenters. The van der Waals surface area contributed by atoms with Gasteiger partial charge in [0.15, 0.2) is 11.7 Å². The average molecular weight is 508 g/mol. The van der Waals surface area contributed by atoms with Crippen molar-refractivity contribution in [3.05, 3.63) is 16.1 Å². The largest absolute Gasteiger partial charge is 0.434 e. The van der Waals surface area contributed by atoms with Crippen LogP contribution >= 0.6 is 47.1 Å². The third-order valence-electron chi connectivity index (χ3n) is 3.66. The zero-order chi connectivity index (χ0) is 17.6. The molecule has 1 aliphatic heterocycles. The standard InChI is InChI=1S/C15H23F3N4S2.HI/c1-3-11-9-22(7-8-23-11)14(19-4-2)20-6-5-13-21-12(10-24-13)15(16,17)18;/h10-11H,3-9H2,1-2H3,(H,19,20);1H. The minimum absolute atomic E-state index is 0. The van der Waals surface area contributed by atoms with Crippen LogP contribution in [0.15, 0.2) is 10.4 Å². The van der Waals surface area contributed by atoms with Crippen LogP contribution in [0.5, 0.6) is 0 Å². The number of aromatic nitrogens is 1. The Morgan fingerprint density at radius 2 is 2.20 bits per heavy atom. The predicted molar refractivity (Wildman–Crippen MR) is 110 cm³/mol. The highest BCUT2D eigenvalue weighted by Gasteiger charge is 2.33. The van der Waals surface area contributed by atoms with Gasteiger partial charge in [0.05, 0.1) is 5.01 Å². The molecule has 0 aliphatic carbocycles. The lowest BCUT2D eigenvalue weighted by Crippen LogP contribution is -2.48. The first-order valence-electron chi connectivity index (χ1n) is 8.10. The van der Waals surface area contributed by atoms with E-state index in [9.17, 15) is 13.2 Å². The third-order valence-corrected chi connectivity index (χ3v) is 5.94. The summed E-state index contributed by atoms with van der Waals surface area (Å²) in [7, 11) is 0. The van der Waals surface area contributed by atoms with Crippen molar-refractivity contribution in [2.45, 2.75) is 38.1 Å². The number of nitrogens with zero attached hydrogens (tertiary/aromatic N) is 3. The van der Waals surface area contributed by atoms with Crippen LogP contribution in [0.2, 0.25) is 0 Å². The molecule has 1 aromatic heterocycles. The zero-order valence-corrected chi connectivity index (χ0v) is 18.3. The fourth-order valence-corrected chi connectivity index (χ4v) is 4.37. The molecule has 0 spiro atoms. The lowest BCUT2D eigenvalue weighted by molar-refractivity contribution is -0.140. The number of thioether (sulfide) groups is 1. The van der Waals surface area contributed by atoms with Crippen molar-refractivity contribution in [1.29, 1.82) is 0 Å². The van der Waals surface area contributed by atoms with E-state index in [1.807, 2.05) is 18.7 Å². The molecule has 1 fully saturated rings. The summed E-state index contributed by atoms with van der Waals surface area (Å²) in [6.07, 6.45) is -2.82. The zero-order valence-electron chi connectivity index (χ0n) is 14.3. The molecule has 10 heteroatoms. The van der Waals surface area contributed by atoms with E-state index < -0.39 is 11.9 Å². The number of thiazole rings is 1. The van der Waals surface area contributed by atoms with Crippen LogP contribution in [-0.4, -0.2) is 53.0 Å². The summed E-state index contributed by atoms with van der Waals surface area (Å²) >= 11 is 3.03. The number of aliphatic imine (C=N–C) groups is 1. The molecule has 144 valence electrons. The van der Waals surface area contributed by atoms with Crippen LogP contribution in [0.3, 0.4) is 0 Å². The van der Waals surface area contributed by atoms with Crippen molar-refractivity contribution in [2.75, 3.05) is 31.9 Å². The Labute approximate surface area is 172 Å². The minimum Gasteiger partial charge on any atom is -0.357 e. The van der Waals surface area contributed by atoms with E-state index in [-0.39, 0.29) is 24.0 Å². The first-order chi connectivity index (χ1) is 11.4. The number of nitrogens with one attached hydrogen (secondary N) is 1. The second-order valence-corrected chi connectivity index (χ2v) is 7.81. The molecule has 1 aliphatic rings. The SMILES string of the molecule is CCNC(=NCCc1nc(C(F)(F)F)cs1)N1CCSC(CC)C1.I. The van der Waals surface area contributed by atoms with E-state index in [4.69, 9.17) is 0 Å². The second kappa shape index (κ2) is 10.8. The molecule has 1 aromatic rings. The molecule has 0 bridgehead atoms. The predicted octanol–water partition coefficient (Wildman–Crippen LogP) is 4.12. The summed E-state index contributed by atoms with van der Waals surface area (Å²) in [4.78, 5) is 10.5. The second-order valence-electron chi connectivity index (χ2n) is 5.46. The molecule has 0 aromatic carbocycles. The summed E-state index contributed by atoms with van der Waals surface area (Å²) in [5.41, 5.74) is -0.808. The Hall–Kier alpha value is -0.230. The van der Waals surface area contributed by atoms with Crippen LogP contribution in [0.4, 0.5) is 13.2 Å². The highest BCUT2D eigenvalue weighted by Crippen LogP contribution is 2.30. The quantitative estimate of drug-likeness (QED) is 0.369. The highest BCUT2D eigenvalue weighted by molar-refractivity contribution is 14.0. The number of hydrogen-bond donors (Lipinski definition) is 1. The van der Waals surface area contributed by atoms with Gasteiger partial charge in [-0.2, -0.15) is 24.9 Å². The average Bonchev–Trinajstić information content (AvgIpc) is 3.03. The number of alkyl halides is 3. The maximum atomic E-state index is 12.6. The van der Waals surface area contributed by atoms with Crippen LogP contribution in [0.25, 0.3) is 0 Å². The molecule has 1 unspecified atom stereocenters. The molecular formula is C15H24F3IN4S2. The van der Waals surface area contributed by atoms with Crippen LogP contribution in [0, 0.1) is 0 Å². The fourth-order valence-electron chi connectivity index (χ4n) is 2.40. The first kappa shape index (κ1) is 22.8. The fraction of sp³-hybridized carbons (Fsp3) is 0.733. The van der Waals surface area contributed by atoms with Crippen molar-refractivity contribution < 1.29 is 13.2 Å². The van der Waals surface area contributed by atoms with Gasteiger partial charge in [-0.25, -0.2) is 4.98 Å². The molecule has 4 nitrogen and oxygen atoms in total. The summed E-state index contributed by atoms with van der Waals surface area (Å²) in [5.74, 6) is 1.92. The number of halogens is 4. The van der Waals surface area contributed by atoms with Crippen LogP contribution in [0.1, 0.15) is 31.0 Å². The lowest BCUT2D eigenvalue weighted by Gasteiger charge is -2.34. The highest BCUT2D eigenvalue weighted by atomic mass is 127. The lowest BCUT2D eigenvalue weighted by atomic mass is 10.3. The molecule has 0 saturated carbocycles. The van der Waals surface area contributed by atoms with E-state index >= 15 is 0 Å². The maximum Gasteiger partial charge on any atom is 0.434 e. The van der Waals surface area contributed by atoms with Crippen molar-refractivity contribution in [2.24, 2.45) is 4.99 Å². The van der Waals surface area contributed by atoms with Crippen molar-refractivity contribution in [3.63, 3.8) is 0 Å². The van der Waals surface area contributed by atoms with Gasteiger partial charge in [-0.15, -0.1) is 35.3 Å². The van der Waals surface area contributed by atoms with Gasteiger partial charge in [-0.05, 0) is 13.3 Å². The van der Waals surface area contributed by atoms with Gasteiger partial charge in [-0.1, -0.05) is 6.92 Å². The molecule has 25 heavy (non-hydrogen) atoms. The van der Waals surface area contributed by atoms with E-state index in [0.29, 0.717) is 23.2 Å². The van der Waals surface area contributed by atoms with Crippen molar-refractivity contribution in [3.8, 4) is 0 Å². The Kier molecular flexibility index (Phi) is 9.86. The van der Waals surface area contributed by atoms with Crippen LogP contribution in [-0.2, 0) is 12.6 Å². The normalized spacial score (nSPS) is 18.8. The van der Waals surface area contributed by atoms with Gasteiger partial charge in [0.25, 0.3) is 0 Å². The van der Waals surface area contributed by atoms with E-state index in [1.165, 1.54) is 0 Å². The molecule has 0 amide bonds. The summed E-state index contributed by atoms with van der Waals surface area (Å²) in [6, 6.07) is 0. The van der Waals surface area contributed by atoms with Gasteiger partial charge >= 0.3 is 6.18 Å². The molecule has 1 saturated heterocycles. The van der Waals surface area contributed by atoms with Crippen molar-refractivity contribution >= 4 is 53.0 Å². The molecular weight excluding hydrogens is 484 g/mol. The summed E-state index contributed by atoms with van der Waals surface area (Å²) < 4.78 is 37.7. The van der Waals surface area contributed by atoms with E-state index in [0.717, 1.165) is 54.5 Å². The van der Waals surface area contributed by atoms with Gasteiger partial charge in [0.2, 0.25) is 0 Å². The van der Waals surface area contributed by atoms with Gasteiger partial charge in [-0.3, -0.25) is 4.99 Å². The number of rotatable bonds is 5. The Morgan fingerprint density at radius 3 is 2.80 bits per heavy atom. The maximum absolute atomic E-state index is 12.6. The van der Waals surface area contributed by atoms with Gasteiger partial charge < -0.3 is 10.2 Å². The van der Waals surface area contributed by atoms with Gasteiger partial charge in [0.1, 0.15) is 0 Å².